The van der Waals surface area contributed by atoms with Crippen molar-refractivity contribution in [2.45, 2.75) is 33.0 Å². The van der Waals surface area contributed by atoms with Crippen LogP contribution in [0.4, 0.5) is 0 Å². The second-order valence-electron chi connectivity index (χ2n) is 4.23. The summed E-state index contributed by atoms with van der Waals surface area (Å²) in [6.45, 7) is 5.66. The third-order valence-electron chi connectivity index (χ3n) is 2.48. The van der Waals surface area contributed by atoms with Crippen molar-refractivity contribution < 1.29 is 4.42 Å². The van der Waals surface area contributed by atoms with Crippen LogP contribution in [0.2, 0.25) is 5.22 Å². The highest BCUT2D eigenvalue weighted by Crippen LogP contribution is 2.12. The fraction of sp³-hybridized carbons (Fsp3) is 0.417. The standard InChI is InChI=1S/C12H16ClN3O/c1-9-5-15-16(7-9)8-10(2)14-6-11-3-4-12(13)17-11/h3-5,7,10,14H,6,8H2,1-2H3/t10-/m0/s1. The summed E-state index contributed by atoms with van der Waals surface area (Å²) in [5, 5.41) is 8.03. The molecule has 1 atom stereocenters. The summed E-state index contributed by atoms with van der Waals surface area (Å²) in [5.41, 5.74) is 1.18. The molecule has 5 heteroatoms. The van der Waals surface area contributed by atoms with Crippen molar-refractivity contribution in [3.63, 3.8) is 0 Å². The minimum atomic E-state index is 0.318. The van der Waals surface area contributed by atoms with Gasteiger partial charge in [0.15, 0.2) is 5.22 Å². The zero-order valence-electron chi connectivity index (χ0n) is 9.98. The van der Waals surface area contributed by atoms with Crippen LogP contribution in [-0.4, -0.2) is 15.8 Å². The van der Waals surface area contributed by atoms with E-state index in [-0.39, 0.29) is 0 Å². The van der Waals surface area contributed by atoms with Crippen molar-refractivity contribution in [2.75, 3.05) is 0 Å². The number of furan rings is 1. The summed E-state index contributed by atoms with van der Waals surface area (Å²) < 4.78 is 7.20. The average molecular weight is 254 g/mol. The zero-order valence-corrected chi connectivity index (χ0v) is 10.7. The van der Waals surface area contributed by atoms with E-state index in [0.29, 0.717) is 17.8 Å². The molecule has 2 heterocycles. The number of aromatic nitrogens is 2. The SMILES string of the molecule is Cc1cnn(C[C@H](C)NCc2ccc(Cl)o2)c1. The topological polar surface area (TPSA) is 43.0 Å². The molecular formula is C12H16ClN3O. The molecule has 0 aliphatic heterocycles. The molecule has 2 aromatic rings. The van der Waals surface area contributed by atoms with Gasteiger partial charge in [0.25, 0.3) is 0 Å². The Kier molecular flexibility index (Phi) is 3.86. The number of nitrogens with one attached hydrogen (secondary N) is 1. The molecule has 17 heavy (non-hydrogen) atoms. The quantitative estimate of drug-likeness (QED) is 0.891. The predicted molar refractivity (Wildman–Crippen MR) is 67.0 cm³/mol. The van der Waals surface area contributed by atoms with E-state index < -0.39 is 0 Å². The van der Waals surface area contributed by atoms with Crippen LogP contribution in [0.1, 0.15) is 18.2 Å². The molecule has 92 valence electrons. The van der Waals surface area contributed by atoms with Gasteiger partial charge < -0.3 is 9.73 Å². The summed E-state index contributed by atoms with van der Waals surface area (Å²) in [5.74, 6) is 0.846. The Labute approximate surface area is 106 Å². The largest absolute Gasteiger partial charge is 0.448 e. The monoisotopic (exact) mass is 253 g/mol. The first-order valence-electron chi connectivity index (χ1n) is 5.60. The molecule has 0 unspecified atom stereocenters. The van der Waals surface area contributed by atoms with Crippen LogP contribution in [-0.2, 0) is 13.1 Å². The van der Waals surface area contributed by atoms with Gasteiger partial charge in [-0.2, -0.15) is 5.10 Å². The summed E-state index contributed by atoms with van der Waals surface area (Å²) >= 11 is 5.70. The van der Waals surface area contributed by atoms with Crippen LogP contribution in [0.3, 0.4) is 0 Å². The molecule has 2 rings (SSSR count). The highest BCUT2D eigenvalue weighted by molar-refractivity contribution is 6.28. The fourth-order valence-corrected chi connectivity index (χ4v) is 1.80. The predicted octanol–water partition coefficient (Wildman–Crippen LogP) is 2.62. The van der Waals surface area contributed by atoms with Crippen molar-refractivity contribution >= 4 is 11.6 Å². The number of aryl methyl sites for hydroxylation is 1. The molecule has 0 radical (unpaired) electrons. The van der Waals surface area contributed by atoms with E-state index in [9.17, 15) is 0 Å². The van der Waals surface area contributed by atoms with E-state index in [0.717, 1.165) is 12.3 Å². The fourth-order valence-electron chi connectivity index (χ4n) is 1.63. The highest BCUT2D eigenvalue weighted by atomic mass is 35.5. The minimum Gasteiger partial charge on any atom is -0.448 e. The number of hydrogen-bond acceptors (Lipinski definition) is 3. The Morgan fingerprint density at radius 3 is 2.94 bits per heavy atom. The summed E-state index contributed by atoms with van der Waals surface area (Å²) in [4.78, 5) is 0. The maximum absolute atomic E-state index is 5.70. The first-order chi connectivity index (χ1) is 8.13. The van der Waals surface area contributed by atoms with Crippen LogP contribution < -0.4 is 5.32 Å². The van der Waals surface area contributed by atoms with Gasteiger partial charge >= 0.3 is 0 Å². The molecule has 0 saturated heterocycles. The molecular weight excluding hydrogens is 238 g/mol. The smallest absolute Gasteiger partial charge is 0.193 e. The van der Waals surface area contributed by atoms with E-state index in [2.05, 4.69) is 17.3 Å². The third-order valence-corrected chi connectivity index (χ3v) is 2.68. The van der Waals surface area contributed by atoms with Crippen molar-refractivity contribution in [1.82, 2.24) is 15.1 Å². The third kappa shape index (κ3) is 3.61. The first kappa shape index (κ1) is 12.2. The van der Waals surface area contributed by atoms with Crippen molar-refractivity contribution in [1.29, 1.82) is 0 Å². The highest BCUT2D eigenvalue weighted by Gasteiger charge is 2.05. The molecule has 0 saturated carbocycles. The average Bonchev–Trinajstić information content (AvgIpc) is 2.85. The van der Waals surface area contributed by atoms with Gasteiger partial charge in [0.2, 0.25) is 0 Å². The van der Waals surface area contributed by atoms with Crippen LogP contribution in [0.5, 0.6) is 0 Å². The van der Waals surface area contributed by atoms with E-state index in [1.54, 1.807) is 6.07 Å². The molecule has 4 nitrogen and oxygen atoms in total. The number of halogens is 1. The second kappa shape index (κ2) is 5.38. The summed E-state index contributed by atoms with van der Waals surface area (Å²) in [6.07, 6.45) is 3.89. The summed E-state index contributed by atoms with van der Waals surface area (Å²) in [7, 11) is 0. The van der Waals surface area contributed by atoms with Crippen molar-refractivity contribution in [2.24, 2.45) is 0 Å². The number of rotatable bonds is 5. The Hall–Kier alpha value is -1.26. The second-order valence-corrected chi connectivity index (χ2v) is 4.60. The molecule has 0 aliphatic carbocycles. The molecule has 0 aliphatic rings. The van der Waals surface area contributed by atoms with Gasteiger partial charge in [0.1, 0.15) is 5.76 Å². The van der Waals surface area contributed by atoms with Crippen LogP contribution >= 0.6 is 11.6 Å². The maximum atomic E-state index is 5.70. The van der Waals surface area contributed by atoms with Crippen LogP contribution in [0.15, 0.2) is 28.9 Å². The van der Waals surface area contributed by atoms with Crippen LogP contribution in [0, 0.1) is 6.92 Å². The maximum Gasteiger partial charge on any atom is 0.193 e. The van der Waals surface area contributed by atoms with Crippen molar-refractivity contribution in [3.05, 3.63) is 41.1 Å². The van der Waals surface area contributed by atoms with Gasteiger partial charge in [-0.25, -0.2) is 0 Å². The van der Waals surface area contributed by atoms with Gasteiger partial charge in [-0.3, -0.25) is 4.68 Å². The lowest BCUT2D eigenvalue weighted by molar-refractivity contribution is 0.415. The molecule has 2 aromatic heterocycles. The molecule has 0 amide bonds. The van der Waals surface area contributed by atoms with Gasteiger partial charge in [0.05, 0.1) is 19.3 Å². The molecule has 0 fully saturated rings. The number of nitrogens with zero attached hydrogens (tertiary/aromatic N) is 2. The van der Waals surface area contributed by atoms with Gasteiger partial charge in [-0.1, -0.05) is 0 Å². The van der Waals surface area contributed by atoms with Gasteiger partial charge in [-0.15, -0.1) is 0 Å². The normalized spacial score (nSPS) is 12.9. The lowest BCUT2D eigenvalue weighted by Crippen LogP contribution is -2.29. The van der Waals surface area contributed by atoms with E-state index >= 15 is 0 Å². The Balaban J connectivity index is 1.79. The minimum absolute atomic E-state index is 0.318. The Bertz CT molecular complexity index is 478. The Morgan fingerprint density at radius 2 is 2.35 bits per heavy atom. The summed E-state index contributed by atoms with van der Waals surface area (Å²) in [6, 6.07) is 3.94. The first-order valence-corrected chi connectivity index (χ1v) is 5.98. The Morgan fingerprint density at radius 1 is 1.53 bits per heavy atom. The van der Waals surface area contributed by atoms with Gasteiger partial charge in [-0.05, 0) is 43.1 Å². The molecule has 1 N–H and O–H groups in total. The van der Waals surface area contributed by atoms with Crippen molar-refractivity contribution in [3.8, 4) is 0 Å². The van der Waals surface area contributed by atoms with E-state index in [1.807, 2.05) is 30.1 Å². The van der Waals surface area contributed by atoms with E-state index in [4.69, 9.17) is 16.0 Å². The van der Waals surface area contributed by atoms with E-state index in [1.165, 1.54) is 5.56 Å². The lowest BCUT2D eigenvalue weighted by Gasteiger charge is -2.12. The van der Waals surface area contributed by atoms with Crippen LogP contribution in [0.25, 0.3) is 0 Å². The van der Waals surface area contributed by atoms with Gasteiger partial charge in [0, 0.05) is 12.2 Å². The lowest BCUT2D eigenvalue weighted by atomic mass is 10.3. The zero-order chi connectivity index (χ0) is 12.3. The molecule has 0 bridgehead atoms. The number of hydrogen-bond donors (Lipinski definition) is 1. The molecule has 0 aromatic carbocycles. The molecule has 0 spiro atoms.